The fourth-order valence-corrected chi connectivity index (χ4v) is 2.11. The molecule has 2 heterocycles. The van der Waals surface area contributed by atoms with Crippen LogP contribution in [0.4, 0.5) is 0 Å². The molecular formula is C14H18N2O8. The van der Waals surface area contributed by atoms with Crippen molar-refractivity contribution in [2.75, 3.05) is 13.7 Å². The molecule has 0 aromatic carbocycles. The van der Waals surface area contributed by atoms with E-state index in [1.807, 2.05) is 12.1 Å². The van der Waals surface area contributed by atoms with Crippen molar-refractivity contribution in [1.29, 1.82) is 0 Å². The summed E-state index contributed by atoms with van der Waals surface area (Å²) in [6.07, 6.45) is 2.97. The molecule has 0 radical (unpaired) electrons. The topological polar surface area (TPSA) is 160 Å². The number of hydrogen-bond donors (Lipinski definition) is 3. The Morgan fingerprint density at radius 1 is 1.33 bits per heavy atom. The van der Waals surface area contributed by atoms with E-state index in [2.05, 4.69) is 4.74 Å². The first-order chi connectivity index (χ1) is 11.3. The number of ether oxygens (including phenoxy) is 1. The molecule has 1 amide bonds. The van der Waals surface area contributed by atoms with Crippen molar-refractivity contribution in [3.8, 4) is 0 Å². The molecule has 0 unspecified atom stereocenters. The molecule has 2 rings (SSSR count). The number of carboxylic acids is 2. The molecule has 0 aliphatic carbocycles. The standard InChI is InChI=1S/C12H16N2O4.C2H2O4/c1-17-10(15)7-14-9(11(13)12(14)16)5-4-8-3-2-6-18-8;3-1(4)2(5)6/h2-3,6,9,11H,4-5,7,13H2,1H3;(H,3,4)(H,5,6)/t9-,11+;/m1./s1. The Hall–Kier alpha value is -2.88. The summed E-state index contributed by atoms with van der Waals surface area (Å²) in [5.41, 5.74) is 5.74. The minimum Gasteiger partial charge on any atom is -0.473 e. The van der Waals surface area contributed by atoms with Gasteiger partial charge in [-0.3, -0.25) is 9.59 Å². The van der Waals surface area contributed by atoms with E-state index < -0.39 is 23.9 Å². The lowest BCUT2D eigenvalue weighted by Gasteiger charge is -2.44. The highest BCUT2D eigenvalue weighted by atomic mass is 16.5. The lowest BCUT2D eigenvalue weighted by atomic mass is 9.91. The van der Waals surface area contributed by atoms with Crippen molar-refractivity contribution < 1.29 is 38.5 Å². The fraction of sp³-hybridized carbons (Fsp3) is 0.429. The Morgan fingerprint density at radius 2 is 1.96 bits per heavy atom. The van der Waals surface area contributed by atoms with Gasteiger partial charge in [-0.15, -0.1) is 0 Å². The van der Waals surface area contributed by atoms with Crippen LogP contribution in [0.1, 0.15) is 12.2 Å². The minimum absolute atomic E-state index is 0.0359. The molecule has 1 saturated heterocycles. The molecule has 1 aliphatic rings. The largest absolute Gasteiger partial charge is 0.473 e. The number of carbonyl (C=O) groups is 4. The van der Waals surface area contributed by atoms with E-state index in [0.717, 1.165) is 5.76 Å². The summed E-state index contributed by atoms with van der Waals surface area (Å²) in [6.45, 7) is -0.0359. The van der Waals surface area contributed by atoms with Crippen LogP contribution in [0, 0.1) is 0 Å². The molecule has 24 heavy (non-hydrogen) atoms. The summed E-state index contributed by atoms with van der Waals surface area (Å²) in [6, 6.07) is 3.04. The number of methoxy groups -OCH3 is 1. The highest BCUT2D eigenvalue weighted by molar-refractivity contribution is 6.27. The Labute approximate surface area is 136 Å². The van der Waals surface area contributed by atoms with Gasteiger partial charge in [0, 0.05) is 6.42 Å². The van der Waals surface area contributed by atoms with Crippen molar-refractivity contribution in [2.24, 2.45) is 5.73 Å². The molecule has 1 fully saturated rings. The minimum atomic E-state index is -1.82. The molecular weight excluding hydrogens is 324 g/mol. The van der Waals surface area contributed by atoms with Gasteiger partial charge in [0.25, 0.3) is 0 Å². The SMILES string of the molecule is COC(=O)CN1C(=O)[C@@H](N)[C@H]1CCc1ccco1.O=C(O)C(=O)O. The number of likely N-dealkylation sites (tertiary alicyclic amines) is 1. The van der Waals surface area contributed by atoms with Gasteiger partial charge in [-0.1, -0.05) is 0 Å². The van der Waals surface area contributed by atoms with E-state index in [1.165, 1.54) is 12.0 Å². The van der Waals surface area contributed by atoms with Crippen LogP contribution in [0.15, 0.2) is 22.8 Å². The van der Waals surface area contributed by atoms with Crippen molar-refractivity contribution in [3.63, 3.8) is 0 Å². The van der Waals surface area contributed by atoms with Crippen LogP contribution < -0.4 is 5.73 Å². The molecule has 0 saturated carbocycles. The summed E-state index contributed by atoms with van der Waals surface area (Å²) < 4.78 is 9.76. The second-order valence-corrected chi connectivity index (χ2v) is 4.86. The smallest absolute Gasteiger partial charge is 0.414 e. The van der Waals surface area contributed by atoms with Gasteiger partial charge in [0.1, 0.15) is 18.3 Å². The van der Waals surface area contributed by atoms with Crippen LogP contribution in [-0.2, 0) is 30.3 Å². The van der Waals surface area contributed by atoms with Crippen LogP contribution in [0.5, 0.6) is 0 Å². The third kappa shape index (κ3) is 5.09. The molecule has 4 N–H and O–H groups in total. The molecule has 0 spiro atoms. The molecule has 1 aromatic heterocycles. The quantitative estimate of drug-likeness (QED) is 0.349. The predicted molar refractivity (Wildman–Crippen MR) is 77.8 cm³/mol. The van der Waals surface area contributed by atoms with Crippen molar-refractivity contribution >= 4 is 23.8 Å². The van der Waals surface area contributed by atoms with E-state index >= 15 is 0 Å². The summed E-state index contributed by atoms with van der Waals surface area (Å²) in [4.78, 5) is 42.4. The van der Waals surface area contributed by atoms with Crippen molar-refractivity contribution in [2.45, 2.75) is 24.9 Å². The number of β-lactam (4-membered cyclic amide) rings is 1. The number of nitrogens with zero attached hydrogens (tertiary/aromatic N) is 1. The maximum absolute atomic E-state index is 11.6. The maximum atomic E-state index is 11.6. The van der Waals surface area contributed by atoms with Crippen LogP contribution in [-0.4, -0.2) is 64.7 Å². The molecule has 132 valence electrons. The van der Waals surface area contributed by atoms with E-state index in [1.54, 1.807) is 6.26 Å². The first-order valence-electron chi connectivity index (χ1n) is 6.89. The van der Waals surface area contributed by atoms with Crippen molar-refractivity contribution in [3.05, 3.63) is 24.2 Å². The summed E-state index contributed by atoms with van der Waals surface area (Å²) in [7, 11) is 1.30. The first-order valence-corrected chi connectivity index (χ1v) is 6.89. The number of carbonyl (C=O) groups excluding carboxylic acids is 2. The second kappa shape index (κ2) is 8.67. The summed E-state index contributed by atoms with van der Waals surface area (Å²) >= 11 is 0. The number of esters is 1. The first kappa shape index (κ1) is 19.2. The molecule has 1 aromatic rings. The van der Waals surface area contributed by atoms with Gasteiger partial charge >= 0.3 is 17.9 Å². The molecule has 2 atom stereocenters. The van der Waals surface area contributed by atoms with E-state index in [0.29, 0.717) is 12.8 Å². The summed E-state index contributed by atoms with van der Waals surface area (Å²) in [5.74, 6) is -3.44. The highest BCUT2D eigenvalue weighted by Gasteiger charge is 2.45. The molecule has 1 aliphatic heterocycles. The molecule has 10 nitrogen and oxygen atoms in total. The second-order valence-electron chi connectivity index (χ2n) is 4.86. The Bertz CT molecular complexity index is 586. The Balaban J connectivity index is 0.000000413. The zero-order valence-corrected chi connectivity index (χ0v) is 12.9. The van der Waals surface area contributed by atoms with Crippen LogP contribution in [0.25, 0.3) is 0 Å². The van der Waals surface area contributed by atoms with Crippen molar-refractivity contribution in [1.82, 2.24) is 4.90 Å². The van der Waals surface area contributed by atoms with Crippen LogP contribution in [0.2, 0.25) is 0 Å². The Morgan fingerprint density at radius 3 is 2.42 bits per heavy atom. The molecule has 0 bridgehead atoms. The zero-order valence-electron chi connectivity index (χ0n) is 12.9. The van der Waals surface area contributed by atoms with Gasteiger partial charge in [-0.2, -0.15) is 0 Å². The fourth-order valence-electron chi connectivity index (χ4n) is 2.11. The number of carboxylic acid groups (broad SMARTS) is 2. The highest BCUT2D eigenvalue weighted by Crippen LogP contribution is 2.23. The number of furan rings is 1. The Kier molecular flexibility index (Phi) is 6.93. The predicted octanol–water partition coefficient (Wildman–Crippen LogP) is -0.921. The number of aliphatic carboxylic acids is 2. The van der Waals surface area contributed by atoms with E-state index in [9.17, 15) is 9.59 Å². The normalized spacial score (nSPS) is 18.9. The number of nitrogens with two attached hydrogens (primary N) is 1. The van der Waals surface area contributed by atoms with E-state index in [-0.39, 0.29) is 18.5 Å². The average Bonchev–Trinajstić information content (AvgIpc) is 3.07. The number of aryl methyl sites for hydroxylation is 1. The number of rotatable bonds is 5. The third-order valence-electron chi connectivity index (χ3n) is 3.36. The van der Waals surface area contributed by atoms with Gasteiger partial charge in [-0.05, 0) is 18.6 Å². The lowest BCUT2D eigenvalue weighted by molar-refractivity contribution is -0.159. The maximum Gasteiger partial charge on any atom is 0.414 e. The number of hydrogen-bond acceptors (Lipinski definition) is 7. The lowest BCUT2D eigenvalue weighted by Crippen LogP contribution is -2.69. The molecule has 10 heteroatoms. The van der Waals surface area contributed by atoms with Gasteiger partial charge in [0.15, 0.2) is 0 Å². The van der Waals surface area contributed by atoms with Crippen LogP contribution >= 0.6 is 0 Å². The van der Waals surface area contributed by atoms with Gasteiger partial charge < -0.3 is 30.0 Å². The monoisotopic (exact) mass is 342 g/mol. The van der Waals surface area contributed by atoms with Gasteiger partial charge in [0.05, 0.1) is 19.4 Å². The van der Waals surface area contributed by atoms with Gasteiger partial charge in [-0.25, -0.2) is 9.59 Å². The average molecular weight is 342 g/mol. The van der Waals surface area contributed by atoms with E-state index in [4.69, 9.17) is 30.0 Å². The number of amides is 1. The van der Waals surface area contributed by atoms with Gasteiger partial charge in [0.2, 0.25) is 5.91 Å². The summed E-state index contributed by atoms with van der Waals surface area (Å²) in [5, 5.41) is 14.8. The third-order valence-corrected chi connectivity index (χ3v) is 3.36. The van der Waals surface area contributed by atoms with Crippen LogP contribution in [0.3, 0.4) is 0 Å². The zero-order chi connectivity index (χ0) is 18.3.